The van der Waals surface area contributed by atoms with Gasteiger partial charge in [-0.2, -0.15) is 0 Å². The molecule has 2 amide bonds. The van der Waals surface area contributed by atoms with Gasteiger partial charge in [0.05, 0.1) is 6.61 Å². The molecule has 0 radical (unpaired) electrons. The van der Waals surface area contributed by atoms with Gasteiger partial charge in [-0.25, -0.2) is 9.18 Å². The molecule has 0 aliphatic carbocycles. The summed E-state index contributed by atoms with van der Waals surface area (Å²) in [5.74, 6) is -1.03. The van der Waals surface area contributed by atoms with Crippen molar-refractivity contribution in [2.45, 2.75) is 13.5 Å². The van der Waals surface area contributed by atoms with Crippen molar-refractivity contribution in [3.63, 3.8) is 0 Å². The van der Waals surface area contributed by atoms with Crippen molar-refractivity contribution in [3.05, 3.63) is 29.6 Å². The molecule has 0 aliphatic rings. The lowest BCUT2D eigenvalue weighted by molar-refractivity contribution is -0.141. The lowest BCUT2D eigenvalue weighted by Gasteiger charge is -2.09. The van der Waals surface area contributed by atoms with Gasteiger partial charge in [-0.1, -0.05) is 6.07 Å². The Balaban J connectivity index is 2.40. The Morgan fingerprint density at radius 3 is 2.74 bits per heavy atom. The first-order valence-corrected chi connectivity index (χ1v) is 5.74. The van der Waals surface area contributed by atoms with E-state index in [1.807, 2.05) is 0 Å². The molecule has 0 aliphatic heterocycles. The highest BCUT2D eigenvalue weighted by atomic mass is 19.1. The topological polar surface area (TPSA) is 93.4 Å². The number of benzene rings is 1. The van der Waals surface area contributed by atoms with Crippen LogP contribution in [0, 0.1) is 5.82 Å². The van der Waals surface area contributed by atoms with Crippen LogP contribution in [0.3, 0.4) is 0 Å². The number of urea groups is 1. The highest BCUT2D eigenvalue weighted by Gasteiger charge is 2.09. The standard InChI is InChI=1S/C12H16FN3O3/c1-2-19-11(17)7-16-12(18)15-6-8-9(13)4-3-5-10(8)14/h3-5H,2,6-7,14H2,1H3,(H2,15,16,18). The summed E-state index contributed by atoms with van der Waals surface area (Å²) in [6.07, 6.45) is 0. The molecule has 0 saturated heterocycles. The van der Waals surface area contributed by atoms with Gasteiger partial charge in [0, 0.05) is 17.8 Å². The minimum absolute atomic E-state index is 0.0623. The van der Waals surface area contributed by atoms with Crippen LogP contribution in [-0.4, -0.2) is 25.2 Å². The van der Waals surface area contributed by atoms with Crippen molar-refractivity contribution < 1.29 is 18.7 Å². The number of nitrogens with two attached hydrogens (primary N) is 1. The smallest absolute Gasteiger partial charge is 0.325 e. The Bertz CT molecular complexity index is 445. The Morgan fingerprint density at radius 2 is 2.11 bits per heavy atom. The number of esters is 1. The summed E-state index contributed by atoms with van der Waals surface area (Å²) in [5, 5.41) is 4.69. The lowest BCUT2D eigenvalue weighted by Crippen LogP contribution is -2.38. The van der Waals surface area contributed by atoms with Gasteiger partial charge < -0.3 is 21.1 Å². The summed E-state index contributed by atoms with van der Waals surface area (Å²) in [7, 11) is 0. The Kier molecular flexibility index (Phi) is 5.59. The van der Waals surface area contributed by atoms with Crippen molar-refractivity contribution in [3.8, 4) is 0 Å². The SMILES string of the molecule is CCOC(=O)CNC(=O)NCc1c(N)cccc1F. The monoisotopic (exact) mass is 269 g/mol. The summed E-state index contributed by atoms with van der Waals surface area (Å²) in [4.78, 5) is 22.3. The highest BCUT2D eigenvalue weighted by molar-refractivity contribution is 5.80. The van der Waals surface area contributed by atoms with Crippen LogP contribution in [0.25, 0.3) is 0 Å². The average Bonchev–Trinajstić information content (AvgIpc) is 2.36. The number of carbonyl (C=O) groups excluding carboxylic acids is 2. The van der Waals surface area contributed by atoms with E-state index in [2.05, 4.69) is 15.4 Å². The quantitative estimate of drug-likeness (QED) is 0.543. The number of nitrogen functional groups attached to an aromatic ring is 1. The van der Waals surface area contributed by atoms with Gasteiger partial charge in [0.2, 0.25) is 0 Å². The van der Waals surface area contributed by atoms with Gasteiger partial charge in [-0.05, 0) is 19.1 Å². The van der Waals surface area contributed by atoms with E-state index in [9.17, 15) is 14.0 Å². The van der Waals surface area contributed by atoms with Crippen LogP contribution in [0.1, 0.15) is 12.5 Å². The van der Waals surface area contributed by atoms with E-state index >= 15 is 0 Å². The third kappa shape index (κ3) is 4.82. The maximum Gasteiger partial charge on any atom is 0.325 e. The van der Waals surface area contributed by atoms with Crippen LogP contribution in [0.15, 0.2) is 18.2 Å². The molecule has 0 bridgehead atoms. The molecule has 0 saturated carbocycles. The van der Waals surface area contributed by atoms with E-state index in [0.29, 0.717) is 0 Å². The van der Waals surface area contributed by atoms with Crippen molar-refractivity contribution in [2.24, 2.45) is 0 Å². The summed E-state index contributed by atoms with van der Waals surface area (Å²) >= 11 is 0. The molecule has 19 heavy (non-hydrogen) atoms. The molecule has 0 aromatic heterocycles. The molecule has 1 aromatic rings. The summed E-state index contributed by atoms with van der Waals surface area (Å²) < 4.78 is 18.0. The number of ether oxygens (including phenoxy) is 1. The molecule has 1 rings (SSSR count). The van der Waals surface area contributed by atoms with E-state index in [0.717, 1.165) is 0 Å². The zero-order valence-electron chi connectivity index (χ0n) is 10.5. The van der Waals surface area contributed by atoms with E-state index < -0.39 is 17.8 Å². The van der Waals surface area contributed by atoms with Crippen molar-refractivity contribution >= 4 is 17.7 Å². The van der Waals surface area contributed by atoms with E-state index in [-0.39, 0.29) is 30.9 Å². The second-order valence-corrected chi connectivity index (χ2v) is 3.65. The van der Waals surface area contributed by atoms with Crippen LogP contribution < -0.4 is 16.4 Å². The van der Waals surface area contributed by atoms with Crippen LogP contribution in [0.4, 0.5) is 14.9 Å². The van der Waals surface area contributed by atoms with Gasteiger partial charge in [-0.3, -0.25) is 4.79 Å². The first-order chi connectivity index (χ1) is 9.04. The fourth-order valence-electron chi connectivity index (χ4n) is 1.36. The second-order valence-electron chi connectivity index (χ2n) is 3.65. The molecule has 104 valence electrons. The molecule has 1 aromatic carbocycles. The van der Waals surface area contributed by atoms with Gasteiger partial charge in [0.25, 0.3) is 0 Å². The lowest BCUT2D eigenvalue weighted by atomic mass is 10.1. The van der Waals surface area contributed by atoms with Gasteiger partial charge in [0.15, 0.2) is 0 Å². The minimum atomic E-state index is -0.601. The van der Waals surface area contributed by atoms with E-state index in [1.165, 1.54) is 18.2 Å². The predicted octanol–water partition coefficient (Wildman–Crippen LogP) is 0.770. The number of nitrogens with one attached hydrogen (secondary N) is 2. The minimum Gasteiger partial charge on any atom is -0.465 e. The molecular weight excluding hydrogens is 253 g/mol. The zero-order valence-corrected chi connectivity index (χ0v) is 10.5. The number of rotatable bonds is 5. The average molecular weight is 269 g/mol. The van der Waals surface area contributed by atoms with Gasteiger partial charge >= 0.3 is 12.0 Å². The van der Waals surface area contributed by atoms with Crippen molar-refractivity contribution in [1.82, 2.24) is 10.6 Å². The summed E-state index contributed by atoms with van der Waals surface area (Å²) in [6, 6.07) is 3.67. The van der Waals surface area contributed by atoms with Crippen molar-refractivity contribution in [1.29, 1.82) is 0 Å². The first kappa shape index (κ1) is 14.7. The Morgan fingerprint density at radius 1 is 1.37 bits per heavy atom. The van der Waals surface area contributed by atoms with Gasteiger partial charge in [0.1, 0.15) is 12.4 Å². The maximum atomic E-state index is 13.4. The predicted molar refractivity (Wildman–Crippen MR) is 67.7 cm³/mol. The fraction of sp³-hybridized carbons (Fsp3) is 0.333. The van der Waals surface area contributed by atoms with Crippen LogP contribution in [0.2, 0.25) is 0 Å². The molecule has 0 fully saturated rings. The van der Waals surface area contributed by atoms with Crippen LogP contribution in [0.5, 0.6) is 0 Å². The molecule has 4 N–H and O–H groups in total. The largest absolute Gasteiger partial charge is 0.465 e. The number of amides is 2. The zero-order chi connectivity index (χ0) is 14.3. The number of hydrogen-bond donors (Lipinski definition) is 3. The molecule has 0 unspecified atom stereocenters. The normalized spacial score (nSPS) is 9.79. The molecule has 0 heterocycles. The van der Waals surface area contributed by atoms with Gasteiger partial charge in [-0.15, -0.1) is 0 Å². The van der Waals surface area contributed by atoms with E-state index in [4.69, 9.17) is 5.73 Å². The van der Waals surface area contributed by atoms with Crippen molar-refractivity contribution in [2.75, 3.05) is 18.9 Å². The highest BCUT2D eigenvalue weighted by Crippen LogP contribution is 2.14. The molecule has 0 spiro atoms. The molecule has 7 heteroatoms. The number of halogens is 1. The number of anilines is 1. The number of carbonyl (C=O) groups is 2. The Labute approximate surface area is 110 Å². The fourth-order valence-corrected chi connectivity index (χ4v) is 1.36. The molecule has 6 nitrogen and oxygen atoms in total. The summed E-state index contributed by atoms with van der Waals surface area (Å²) in [5.41, 5.74) is 6.04. The van der Waals surface area contributed by atoms with Crippen LogP contribution in [-0.2, 0) is 16.1 Å². The molecular formula is C12H16FN3O3. The Hall–Kier alpha value is -2.31. The number of hydrogen-bond acceptors (Lipinski definition) is 4. The third-order valence-corrected chi connectivity index (χ3v) is 2.28. The maximum absolute atomic E-state index is 13.4. The van der Waals surface area contributed by atoms with E-state index in [1.54, 1.807) is 6.92 Å². The summed E-state index contributed by atoms with van der Waals surface area (Å²) in [6.45, 7) is 1.60. The first-order valence-electron chi connectivity index (χ1n) is 5.74. The second kappa shape index (κ2) is 7.20. The molecule has 0 atom stereocenters. The van der Waals surface area contributed by atoms with Crippen LogP contribution >= 0.6 is 0 Å². The third-order valence-electron chi connectivity index (χ3n) is 2.28.